The summed E-state index contributed by atoms with van der Waals surface area (Å²) in [7, 11) is 1.57. The van der Waals surface area contributed by atoms with Crippen molar-refractivity contribution in [3.63, 3.8) is 0 Å². The third-order valence-corrected chi connectivity index (χ3v) is 5.73. The van der Waals surface area contributed by atoms with E-state index in [2.05, 4.69) is 20.4 Å². The van der Waals surface area contributed by atoms with Crippen LogP contribution in [0.15, 0.2) is 70.1 Å². The predicted molar refractivity (Wildman–Crippen MR) is 127 cm³/mol. The van der Waals surface area contributed by atoms with Crippen LogP contribution in [0.5, 0.6) is 11.5 Å². The van der Waals surface area contributed by atoms with Crippen molar-refractivity contribution in [1.29, 1.82) is 0 Å². The molecule has 34 heavy (non-hydrogen) atoms. The van der Waals surface area contributed by atoms with Crippen LogP contribution in [0.2, 0.25) is 0 Å². The molecule has 0 radical (unpaired) electrons. The molecule has 0 bridgehead atoms. The third-order valence-electron chi connectivity index (χ3n) is 5.05. The maximum atomic E-state index is 12.5. The van der Waals surface area contributed by atoms with Crippen LogP contribution in [0.25, 0.3) is 17.0 Å². The Morgan fingerprint density at radius 2 is 2.12 bits per heavy atom. The van der Waals surface area contributed by atoms with Gasteiger partial charge in [-0.05, 0) is 35.7 Å². The first-order chi connectivity index (χ1) is 16.7. The summed E-state index contributed by atoms with van der Waals surface area (Å²) in [4.78, 5) is 21.4. The molecule has 9 nitrogen and oxygen atoms in total. The summed E-state index contributed by atoms with van der Waals surface area (Å²) < 4.78 is 18.5. The van der Waals surface area contributed by atoms with Crippen molar-refractivity contribution in [1.82, 2.24) is 19.5 Å². The Bertz CT molecular complexity index is 1380. The van der Waals surface area contributed by atoms with Crippen molar-refractivity contribution >= 4 is 28.6 Å². The molecule has 0 aliphatic carbocycles. The lowest BCUT2D eigenvalue weighted by Gasteiger charge is -2.12. The Labute approximate surface area is 199 Å². The van der Waals surface area contributed by atoms with Gasteiger partial charge in [0.15, 0.2) is 11.5 Å². The minimum atomic E-state index is -0.174. The molecule has 172 valence electrons. The monoisotopic (exact) mass is 475 g/mol. The van der Waals surface area contributed by atoms with Gasteiger partial charge >= 0.3 is 0 Å². The number of fused-ring (bicyclic) bond motifs is 1. The number of methoxy groups -OCH3 is 1. The number of aryl methyl sites for hydroxylation is 1. The van der Waals surface area contributed by atoms with E-state index in [0.717, 1.165) is 16.9 Å². The SMILES string of the molecule is COc1ccc(NC(=O)CCc2nc(-c3ccsc3)no2)cc1OCc1cn2ccccc2n1. The molecule has 1 aromatic carbocycles. The van der Waals surface area contributed by atoms with Crippen molar-refractivity contribution in [2.45, 2.75) is 19.4 Å². The zero-order chi connectivity index (χ0) is 23.3. The number of carbonyl (C=O) groups is 1. The molecule has 0 fully saturated rings. The molecule has 5 aromatic rings. The van der Waals surface area contributed by atoms with Gasteiger partial charge in [-0.3, -0.25) is 4.79 Å². The number of rotatable bonds is 9. The summed E-state index contributed by atoms with van der Waals surface area (Å²) in [6.07, 6.45) is 4.39. The largest absolute Gasteiger partial charge is 0.493 e. The average molecular weight is 476 g/mol. The van der Waals surface area contributed by atoms with Gasteiger partial charge in [0.25, 0.3) is 0 Å². The van der Waals surface area contributed by atoms with E-state index in [1.54, 1.807) is 36.6 Å². The van der Waals surface area contributed by atoms with E-state index in [-0.39, 0.29) is 18.9 Å². The first kappa shape index (κ1) is 21.7. The van der Waals surface area contributed by atoms with Crippen LogP contribution in [0.4, 0.5) is 5.69 Å². The number of hydrogen-bond donors (Lipinski definition) is 1. The van der Waals surface area contributed by atoms with Gasteiger partial charge in [0.1, 0.15) is 12.3 Å². The molecule has 5 rings (SSSR count). The zero-order valence-electron chi connectivity index (χ0n) is 18.3. The van der Waals surface area contributed by atoms with E-state index in [1.807, 2.05) is 51.8 Å². The Hall–Kier alpha value is -4.18. The molecule has 0 unspecified atom stereocenters. The smallest absolute Gasteiger partial charge is 0.227 e. The maximum absolute atomic E-state index is 12.5. The van der Waals surface area contributed by atoms with Crippen LogP contribution in [-0.2, 0) is 17.8 Å². The Kier molecular flexibility index (Phi) is 6.21. The second-order valence-electron chi connectivity index (χ2n) is 7.42. The quantitative estimate of drug-likeness (QED) is 0.332. The summed E-state index contributed by atoms with van der Waals surface area (Å²) in [5.74, 6) is 1.84. The van der Waals surface area contributed by atoms with Gasteiger partial charge in [-0.2, -0.15) is 16.3 Å². The molecule has 0 aliphatic heterocycles. The Morgan fingerprint density at radius 3 is 2.94 bits per heavy atom. The van der Waals surface area contributed by atoms with Crippen LogP contribution in [0.1, 0.15) is 18.0 Å². The molecule has 4 aromatic heterocycles. The summed E-state index contributed by atoms with van der Waals surface area (Å²) in [5.41, 5.74) is 3.13. The molecule has 0 saturated carbocycles. The Morgan fingerprint density at radius 1 is 1.18 bits per heavy atom. The third kappa shape index (κ3) is 4.91. The molecular weight excluding hydrogens is 454 g/mol. The number of nitrogens with one attached hydrogen (secondary N) is 1. The van der Waals surface area contributed by atoms with Crippen molar-refractivity contribution < 1.29 is 18.8 Å². The van der Waals surface area contributed by atoms with Crippen LogP contribution in [0, 0.1) is 0 Å². The first-order valence-electron chi connectivity index (χ1n) is 10.6. The van der Waals surface area contributed by atoms with Crippen LogP contribution >= 0.6 is 11.3 Å². The number of anilines is 1. The highest BCUT2D eigenvalue weighted by atomic mass is 32.1. The van der Waals surface area contributed by atoms with Gasteiger partial charge in [-0.1, -0.05) is 11.2 Å². The van der Waals surface area contributed by atoms with Crippen LogP contribution < -0.4 is 14.8 Å². The van der Waals surface area contributed by atoms with Gasteiger partial charge in [-0.15, -0.1) is 0 Å². The molecule has 10 heteroatoms. The summed E-state index contributed by atoms with van der Waals surface area (Å²) >= 11 is 1.56. The van der Waals surface area contributed by atoms with Crippen molar-refractivity contribution in [2.75, 3.05) is 12.4 Å². The fourth-order valence-electron chi connectivity index (χ4n) is 3.38. The minimum Gasteiger partial charge on any atom is -0.493 e. The topological polar surface area (TPSA) is 104 Å². The van der Waals surface area contributed by atoms with E-state index in [0.29, 0.717) is 35.3 Å². The number of imidazole rings is 1. The number of thiophene rings is 1. The zero-order valence-corrected chi connectivity index (χ0v) is 19.1. The second-order valence-corrected chi connectivity index (χ2v) is 8.20. The molecule has 1 N–H and O–H groups in total. The normalized spacial score (nSPS) is 11.0. The first-order valence-corrected chi connectivity index (χ1v) is 11.5. The maximum Gasteiger partial charge on any atom is 0.227 e. The molecule has 0 saturated heterocycles. The number of ether oxygens (including phenoxy) is 2. The molecule has 0 spiro atoms. The predicted octanol–water partition coefficient (Wildman–Crippen LogP) is 4.60. The van der Waals surface area contributed by atoms with E-state index in [9.17, 15) is 4.79 Å². The van der Waals surface area contributed by atoms with Crippen molar-refractivity contribution in [3.8, 4) is 22.9 Å². The second kappa shape index (κ2) is 9.75. The molecule has 4 heterocycles. The molecule has 0 atom stereocenters. The van der Waals surface area contributed by atoms with Crippen molar-refractivity contribution in [3.05, 3.63) is 77.2 Å². The lowest BCUT2D eigenvalue weighted by molar-refractivity contribution is -0.116. The number of nitrogens with zero attached hydrogens (tertiary/aromatic N) is 4. The molecule has 0 aliphatic rings. The summed E-state index contributed by atoms with van der Waals surface area (Å²) in [6, 6.07) is 13.0. The van der Waals surface area contributed by atoms with E-state index in [1.165, 1.54) is 0 Å². The highest BCUT2D eigenvalue weighted by molar-refractivity contribution is 7.08. The van der Waals surface area contributed by atoms with Crippen LogP contribution in [-0.4, -0.2) is 32.5 Å². The number of hydrogen-bond acceptors (Lipinski definition) is 8. The number of carbonyl (C=O) groups excluding carboxylic acids is 1. The minimum absolute atomic E-state index is 0.174. The van der Waals surface area contributed by atoms with E-state index in [4.69, 9.17) is 14.0 Å². The van der Waals surface area contributed by atoms with Crippen LogP contribution in [0.3, 0.4) is 0 Å². The Balaban J connectivity index is 1.19. The fraction of sp³-hybridized carbons (Fsp3) is 0.167. The van der Waals surface area contributed by atoms with E-state index >= 15 is 0 Å². The lowest BCUT2D eigenvalue weighted by atomic mass is 10.2. The standard InChI is InChI=1S/C24H21N5O4S/c1-31-19-6-5-17(12-20(19)32-14-18-13-29-10-3-2-4-21(29)25-18)26-22(30)7-8-23-27-24(28-33-23)16-9-11-34-15-16/h2-6,9-13,15H,7-8,14H2,1H3,(H,26,30). The number of benzene rings is 1. The van der Waals surface area contributed by atoms with Gasteiger partial charge in [0, 0.05) is 47.9 Å². The summed E-state index contributed by atoms with van der Waals surface area (Å²) in [6.45, 7) is 0.263. The number of pyridine rings is 1. The average Bonchev–Trinajstić information content (AvgIpc) is 3.61. The summed E-state index contributed by atoms with van der Waals surface area (Å²) in [5, 5.41) is 10.7. The van der Waals surface area contributed by atoms with Gasteiger partial charge < -0.3 is 23.7 Å². The highest BCUT2D eigenvalue weighted by Crippen LogP contribution is 2.31. The highest BCUT2D eigenvalue weighted by Gasteiger charge is 2.13. The van der Waals surface area contributed by atoms with Gasteiger partial charge in [0.2, 0.25) is 17.6 Å². The number of amides is 1. The van der Waals surface area contributed by atoms with Gasteiger partial charge in [-0.25, -0.2) is 4.98 Å². The molecule has 1 amide bonds. The number of aromatic nitrogens is 4. The fourth-order valence-corrected chi connectivity index (χ4v) is 4.02. The van der Waals surface area contributed by atoms with Crippen molar-refractivity contribution in [2.24, 2.45) is 0 Å². The molecular formula is C24H21N5O4S. The van der Waals surface area contributed by atoms with E-state index < -0.39 is 0 Å². The van der Waals surface area contributed by atoms with Gasteiger partial charge in [0.05, 0.1) is 12.8 Å². The lowest BCUT2D eigenvalue weighted by Crippen LogP contribution is -2.12.